The summed E-state index contributed by atoms with van der Waals surface area (Å²) in [5.74, 6) is 0.745. The van der Waals surface area contributed by atoms with Crippen molar-refractivity contribution in [3.05, 3.63) is 53.1 Å². The van der Waals surface area contributed by atoms with Gasteiger partial charge in [0, 0.05) is 24.8 Å². The Bertz CT molecular complexity index is 1150. The second-order valence-corrected chi connectivity index (χ2v) is 10.9. The predicted molar refractivity (Wildman–Crippen MR) is 125 cm³/mol. The van der Waals surface area contributed by atoms with E-state index in [1.165, 1.54) is 28.6 Å². The quantitative estimate of drug-likeness (QED) is 0.569. The highest BCUT2D eigenvalue weighted by atomic mass is 32.2. The molecule has 0 spiro atoms. The molecule has 2 aliphatic rings. The van der Waals surface area contributed by atoms with Crippen LogP contribution in [0.1, 0.15) is 49.3 Å². The Morgan fingerprint density at radius 2 is 1.86 bits per heavy atom. The zero-order valence-electron chi connectivity index (χ0n) is 19.6. The number of hydrogen-bond acceptors (Lipinski definition) is 5. The number of aliphatic hydroxyl groups excluding tert-OH is 1. The van der Waals surface area contributed by atoms with Crippen LogP contribution in [0.2, 0.25) is 0 Å². The second kappa shape index (κ2) is 10.4. The largest absolute Gasteiger partial charge is 0.493 e. The van der Waals surface area contributed by atoms with Crippen LogP contribution < -0.4 is 9.04 Å². The third kappa shape index (κ3) is 5.44. The molecule has 0 aliphatic carbocycles. The van der Waals surface area contributed by atoms with Crippen molar-refractivity contribution in [2.75, 3.05) is 24.1 Å². The van der Waals surface area contributed by atoms with Gasteiger partial charge in [-0.1, -0.05) is 6.92 Å². The summed E-state index contributed by atoms with van der Waals surface area (Å²) < 4.78 is 79.7. The molecule has 2 heterocycles. The Kier molecular flexibility index (Phi) is 7.63. The summed E-state index contributed by atoms with van der Waals surface area (Å²) in [6, 6.07) is 7.18. The van der Waals surface area contributed by atoms with Crippen molar-refractivity contribution >= 4 is 15.7 Å². The lowest BCUT2D eigenvalue weighted by Gasteiger charge is -2.38. The molecule has 6 nitrogen and oxygen atoms in total. The number of rotatable bonds is 7. The molecule has 35 heavy (non-hydrogen) atoms. The van der Waals surface area contributed by atoms with Crippen molar-refractivity contribution in [3.8, 4) is 5.75 Å². The Labute approximate surface area is 203 Å². The zero-order valence-corrected chi connectivity index (χ0v) is 20.4. The molecule has 0 radical (unpaired) electrons. The number of halogens is 3. The molecule has 4 rings (SSSR count). The van der Waals surface area contributed by atoms with E-state index >= 15 is 0 Å². The van der Waals surface area contributed by atoms with Gasteiger partial charge < -0.3 is 14.6 Å². The maximum atomic E-state index is 13.8. The summed E-state index contributed by atoms with van der Waals surface area (Å²) in [7, 11) is -4.10. The van der Waals surface area contributed by atoms with Gasteiger partial charge in [-0.2, -0.15) is 13.2 Å². The summed E-state index contributed by atoms with van der Waals surface area (Å²) in [5.41, 5.74) is 0.168. The molecule has 0 amide bonds. The van der Waals surface area contributed by atoms with Crippen LogP contribution in [0.25, 0.3) is 0 Å². The molecule has 2 aromatic rings. The number of anilines is 1. The van der Waals surface area contributed by atoms with Gasteiger partial charge in [0.2, 0.25) is 0 Å². The number of sulfonamides is 1. The van der Waals surface area contributed by atoms with Crippen molar-refractivity contribution < 1.29 is 36.2 Å². The van der Waals surface area contributed by atoms with Crippen molar-refractivity contribution in [2.45, 2.75) is 62.7 Å². The summed E-state index contributed by atoms with van der Waals surface area (Å²) in [6.07, 6.45) is -1.45. The van der Waals surface area contributed by atoms with Gasteiger partial charge in [0.25, 0.3) is 10.0 Å². The van der Waals surface area contributed by atoms with E-state index in [2.05, 4.69) is 0 Å². The first-order valence-corrected chi connectivity index (χ1v) is 13.3. The molecule has 1 atom stereocenters. The molecule has 0 unspecified atom stereocenters. The smallest absolute Gasteiger partial charge is 0.416 e. The van der Waals surface area contributed by atoms with Crippen molar-refractivity contribution in [1.82, 2.24) is 0 Å². The number of ether oxygens (including phenoxy) is 2. The standard InChI is InChI=1S/C25H30F3NO5S/c1-2-21-5-3-18-13-20(25(26,27)28)4-7-23(18)29(21)35(31,32)22-6-8-24(19(14-22)15-30)34-16-17-9-11-33-12-10-17/h4,6-8,13-14,17,21,30H,2-3,5,9-12,15-16H2,1H3/t21-/m0/s1. The van der Waals surface area contributed by atoms with Crippen LogP contribution in [0.4, 0.5) is 18.9 Å². The van der Waals surface area contributed by atoms with E-state index in [1.54, 1.807) is 0 Å². The van der Waals surface area contributed by atoms with E-state index in [0.29, 0.717) is 61.9 Å². The average molecular weight is 514 g/mol. The van der Waals surface area contributed by atoms with Crippen LogP contribution in [-0.4, -0.2) is 39.4 Å². The third-order valence-corrected chi connectivity index (χ3v) is 8.63. The van der Waals surface area contributed by atoms with Crippen molar-refractivity contribution in [1.29, 1.82) is 0 Å². The van der Waals surface area contributed by atoms with E-state index in [-0.39, 0.29) is 16.6 Å². The van der Waals surface area contributed by atoms with Crippen LogP contribution in [-0.2, 0) is 34.0 Å². The van der Waals surface area contributed by atoms with E-state index in [9.17, 15) is 26.7 Å². The first-order chi connectivity index (χ1) is 16.6. The zero-order chi connectivity index (χ0) is 25.2. The molecule has 1 saturated heterocycles. The van der Waals surface area contributed by atoms with Gasteiger partial charge in [0.05, 0.1) is 29.4 Å². The molecule has 1 N–H and O–H groups in total. The first-order valence-electron chi connectivity index (χ1n) is 11.8. The lowest BCUT2D eigenvalue weighted by molar-refractivity contribution is -0.137. The Hall–Kier alpha value is -2.30. The molecule has 10 heteroatoms. The minimum atomic E-state index is -4.50. The highest BCUT2D eigenvalue weighted by Crippen LogP contribution is 2.40. The molecule has 0 bridgehead atoms. The van der Waals surface area contributed by atoms with Gasteiger partial charge in [0.15, 0.2) is 0 Å². The number of fused-ring (bicyclic) bond motifs is 1. The maximum Gasteiger partial charge on any atom is 0.416 e. The van der Waals surface area contributed by atoms with Crippen LogP contribution in [0.3, 0.4) is 0 Å². The predicted octanol–water partition coefficient (Wildman–Crippen LogP) is 4.92. The molecule has 0 saturated carbocycles. The monoisotopic (exact) mass is 513 g/mol. The third-order valence-electron chi connectivity index (χ3n) is 6.77. The summed E-state index contributed by atoms with van der Waals surface area (Å²) in [4.78, 5) is -0.0360. The number of benzene rings is 2. The fourth-order valence-corrected chi connectivity index (χ4v) is 6.57. The number of nitrogens with zero attached hydrogens (tertiary/aromatic N) is 1. The lowest BCUT2D eigenvalue weighted by atomic mass is 9.95. The number of aliphatic hydroxyl groups is 1. The topological polar surface area (TPSA) is 76.1 Å². The molecule has 2 aliphatic heterocycles. The minimum Gasteiger partial charge on any atom is -0.493 e. The maximum absolute atomic E-state index is 13.8. The van der Waals surface area contributed by atoms with E-state index < -0.39 is 28.4 Å². The summed E-state index contributed by atoms with van der Waals surface area (Å²) in [6.45, 7) is 3.25. The fraction of sp³-hybridized carbons (Fsp3) is 0.520. The number of hydrogen-bond donors (Lipinski definition) is 1. The molecule has 1 fully saturated rings. The van der Waals surface area contributed by atoms with Gasteiger partial charge >= 0.3 is 6.18 Å². The van der Waals surface area contributed by atoms with E-state index in [4.69, 9.17) is 9.47 Å². The van der Waals surface area contributed by atoms with Crippen LogP contribution in [0, 0.1) is 5.92 Å². The lowest BCUT2D eigenvalue weighted by Crippen LogP contribution is -2.43. The van der Waals surface area contributed by atoms with Crippen LogP contribution in [0.15, 0.2) is 41.3 Å². The second-order valence-electron chi connectivity index (χ2n) is 9.04. The number of alkyl halides is 3. The Morgan fingerprint density at radius 1 is 1.11 bits per heavy atom. The Balaban J connectivity index is 1.65. The van der Waals surface area contributed by atoms with Gasteiger partial charge in [-0.15, -0.1) is 0 Å². The molecule has 192 valence electrons. The van der Waals surface area contributed by atoms with Crippen LogP contribution >= 0.6 is 0 Å². The normalized spacial score (nSPS) is 19.5. The molecular weight excluding hydrogens is 483 g/mol. The van der Waals surface area contributed by atoms with Crippen molar-refractivity contribution in [2.24, 2.45) is 5.92 Å². The Morgan fingerprint density at radius 3 is 2.51 bits per heavy atom. The highest BCUT2D eigenvalue weighted by molar-refractivity contribution is 7.92. The minimum absolute atomic E-state index is 0.0360. The van der Waals surface area contributed by atoms with E-state index in [0.717, 1.165) is 25.0 Å². The SMILES string of the molecule is CC[C@H]1CCc2cc(C(F)(F)F)ccc2N1S(=O)(=O)c1ccc(OCC2CCOCC2)c(CO)c1. The first kappa shape index (κ1) is 25.8. The van der Waals surface area contributed by atoms with E-state index in [1.807, 2.05) is 6.92 Å². The van der Waals surface area contributed by atoms with Crippen LogP contribution in [0.5, 0.6) is 5.75 Å². The van der Waals surface area contributed by atoms with Gasteiger partial charge in [-0.05, 0) is 80.0 Å². The van der Waals surface area contributed by atoms with Gasteiger partial charge in [-0.25, -0.2) is 8.42 Å². The molecule has 2 aromatic carbocycles. The van der Waals surface area contributed by atoms with Crippen molar-refractivity contribution in [3.63, 3.8) is 0 Å². The molecular formula is C25H30F3NO5S. The fourth-order valence-electron chi connectivity index (χ4n) is 4.72. The molecule has 0 aromatic heterocycles. The summed E-state index contributed by atoms with van der Waals surface area (Å²) >= 11 is 0. The average Bonchev–Trinajstić information content (AvgIpc) is 2.86. The highest BCUT2D eigenvalue weighted by Gasteiger charge is 2.38. The van der Waals surface area contributed by atoms with Gasteiger partial charge in [0.1, 0.15) is 5.75 Å². The number of aryl methyl sites for hydroxylation is 1. The van der Waals surface area contributed by atoms with Gasteiger partial charge in [-0.3, -0.25) is 4.31 Å². The summed E-state index contributed by atoms with van der Waals surface area (Å²) in [5, 5.41) is 9.90.